The highest BCUT2D eigenvalue weighted by Gasteiger charge is 2.18. The van der Waals surface area contributed by atoms with Gasteiger partial charge >= 0.3 is 5.97 Å². The molecular formula is C20H20N2O4. The van der Waals surface area contributed by atoms with Gasteiger partial charge < -0.3 is 14.8 Å². The van der Waals surface area contributed by atoms with Crippen molar-refractivity contribution in [2.45, 2.75) is 26.9 Å². The van der Waals surface area contributed by atoms with Crippen LogP contribution in [0.2, 0.25) is 0 Å². The lowest BCUT2D eigenvalue weighted by molar-refractivity contribution is -0.153. The van der Waals surface area contributed by atoms with Crippen LogP contribution in [0.25, 0.3) is 0 Å². The van der Waals surface area contributed by atoms with Gasteiger partial charge in [-0.1, -0.05) is 12.1 Å². The van der Waals surface area contributed by atoms with Gasteiger partial charge in [0.05, 0.1) is 11.6 Å². The zero-order valence-electron chi connectivity index (χ0n) is 14.9. The average molecular weight is 352 g/mol. The van der Waals surface area contributed by atoms with Crippen LogP contribution in [0.5, 0.6) is 5.75 Å². The van der Waals surface area contributed by atoms with E-state index in [4.69, 9.17) is 14.7 Å². The van der Waals surface area contributed by atoms with Gasteiger partial charge in [0.1, 0.15) is 5.75 Å². The van der Waals surface area contributed by atoms with Crippen LogP contribution in [-0.2, 0) is 14.3 Å². The number of hydrogen-bond acceptors (Lipinski definition) is 5. The summed E-state index contributed by atoms with van der Waals surface area (Å²) in [5, 5.41) is 11.5. The van der Waals surface area contributed by atoms with E-state index in [0.29, 0.717) is 17.0 Å². The molecule has 1 amide bonds. The molecule has 1 atom stereocenters. The second-order valence-corrected chi connectivity index (χ2v) is 5.87. The molecule has 2 aromatic carbocycles. The molecule has 0 bridgehead atoms. The van der Waals surface area contributed by atoms with Crippen LogP contribution in [-0.4, -0.2) is 24.6 Å². The summed E-state index contributed by atoms with van der Waals surface area (Å²) >= 11 is 0. The number of hydrogen-bond donors (Lipinski definition) is 1. The average Bonchev–Trinajstić information content (AvgIpc) is 2.63. The minimum atomic E-state index is -0.878. The molecule has 0 saturated heterocycles. The van der Waals surface area contributed by atoms with Crippen molar-refractivity contribution < 1.29 is 19.1 Å². The van der Waals surface area contributed by atoms with Crippen LogP contribution in [0.15, 0.2) is 42.5 Å². The standard InChI is InChI=1S/C20H20N2O4/c1-13-4-5-14(2)18(10-13)22-19(23)12-25-20(24)15(3)26-17-8-6-16(11-21)7-9-17/h4-10,15H,12H2,1-3H3,(H,22,23)/t15-/m0/s1. The lowest BCUT2D eigenvalue weighted by atomic mass is 10.1. The van der Waals surface area contributed by atoms with Crippen molar-refractivity contribution in [2.75, 3.05) is 11.9 Å². The van der Waals surface area contributed by atoms with Crippen LogP contribution in [0, 0.1) is 25.2 Å². The molecule has 0 saturated carbocycles. The van der Waals surface area contributed by atoms with E-state index in [-0.39, 0.29) is 0 Å². The van der Waals surface area contributed by atoms with Crippen LogP contribution in [0.4, 0.5) is 5.69 Å². The SMILES string of the molecule is Cc1ccc(C)c(NC(=O)COC(=O)[C@H](C)Oc2ccc(C#N)cc2)c1. The highest BCUT2D eigenvalue weighted by atomic mass is 16.6. The Bertz CT molecular complexity index is 838. The third kappa shape index (κ3) is 5.35. The van der Waals surface area contributed by atoms with Crippen molar-refractivity contribution in [2.24, 2.45) is 0 Å². The summed E-state index contributed by atoms with van der Waals surface area (Å²) in [5.41, 5.74) is 3.13. The molecule has 6 nitrogen and oxygen atoms in total. The highest BCUT2D eigenvalue weighted by Crippen LogP contribution is 2.16. The molecule has 2 rings (SSSR count). The smallest absolute Gasteiger partial charge is 0.347 e. The number of nitriles is 1. The van der Waals surface area contributed by atoms with Gasteiger partial charge in [-0.05, 0) is 62.2 Å². The number of nitrogens with zero attached hydrogens (tertiary/aromatic N) is 1. The first-order valence-electron chi connectivity index (χ1n) is 8.09. The predicted octanol–water partition coefficient (Wildman–Crippen LogP) is 3.12. The fourth-order valence-electron chi connectivity index (χ4n) is 2.17. The summed E-state index contributed by atoms with van der Waals surface area (Å²) < 4.78 is 10.4. The number of benzene rings is 2. The number of amides is 1. The number of carbonyl (C=O) groups is 2. The minimum Gasteiger partial charge on any atom is -0.479 e. The third-order valence-corrected chi connectivity index (χ3v) is 3.64. The molecule has 26 heavy (non-hydrogen) atoms. The number of carbonyl (C=O) groups excluding carboxylic acids is 2. The van der Waals surface area contributed by atoms with Crippen LogP contribution < -0.4 is 10.1 Å². The monoisotopic (exact) mass is 352 g/mol. The third-order valence-electron chi connectivity index (χ3n) is 3.64. The van der Waals surface area contributed by atoms with E-state index in [9.17, 15) is 9.59 Å². The molecule has 0 unspecified atom stereocenters. The van der Waals surface area contributed by atoms with Gasteiger partial charge in [0.15, 0.2) is 12.7 Å². The zero-order chi connectivity index (χ0) is 19.1. The van der Waals surface area contributed by atoms with Crippen molar-refractivity contribution in [3.63, 3.8) is 0 Å². The van der Waals surface area contributed by atoms with E-state index in [1.807, 2.05) is 38.1 Å². The molecule has 0 aliphatic heterocycles. The Hall–Kier alpha value is -3.33. The van der Waals surface area contributed by atoms with E-state index in [0.717, 1.165) is 11.1 Å². The molecule has 0 aliphatic carbocycles. The highest BCUT2D eigenvalue weighted by molar-refractivity contribution is 5.93. The molecule has 1 N–H and O–H groups in total. The Kier molecular flexibility index (Phi) is 6.34. The lowest BCUT2D eigenvalue weighted by Gasteiger charge is -2.14. The molecular weight excluding hydrogens is 332 g/mol. The summed E-state index contributed by atoms with van der Waals surface area (Å²) in [6.45, 7) is 4.95. The predicted molar refractivity (Wildman–Crippen MR) is 96.8 cm³/mol. The molecule has 134 valence electrons. The summed E-state index contributed by atoms with van der Waals surface area (Å²) in [6.07, 6.45) is -0.878. The second-order valence-electron chi connectivity index (χ2n) is 5.87. The lowest BCUT2D eigenvalue weighted by Crippen LogP contribution is -2.29. The van der Waals surface area contributed by atoms with Gasteiger partial charge in [0.2, 0.25) is 0 Å². The maximum absolute atomic E-state index is 12.0. The van der Waals surface area contributed by atoms with Gasteiger partial charge in [-0.25, -0.2) is 4.79 Å². The Labute approximate surface area is 152 Å². The Morgan fingerprint density at radius 2 is 1.85 bits per heavy atom. The summed E-state index contributed by atoms with van der Waals surface area (Å²) in [7, 11) is 0. The fourth-order valence-corrected chi connectivity index (χ4v) is 2.17. The first kappa shape index (κ1) is 19.0. The van der Waals surface area contributed by atoms with E-state index < -0.39 is 24.6 Å². The topological polar surface area (TPSA) is 88.4 Å². The van der Waals surface area contributed by atoms with E-state index >= 15 is 0 Å². The molecule has 0 aromatic heterocycles. The van der Waals surface area contributed by atoms with Crippen molar-refractivity contribution in [1.29, 1.82) is 5.26 Å². The molecule has 2 aromatic rings. The van der Waals surface area contributed by atoms with Gasteiger partial charge in [-0.2, -0.15) is 5.26 Å². The van der Waals surface area contributed by atoms with Gasteiger partial charge in [-0.3, -0.25) is 4.79 Å². The van der Waals surface area contributed by atoms with Crippen molar-refractivity contribution >= 4 is 17.6 Å². The number of aryl methyl sites for hydroxylation is 2. The molecule has 0 fully saturated rings. The quantitative estimate of drug-likeness (QED) is 0.807. The van der Waals surface area contributed by atoms with Crippen LogP contribution in [0.1, 0.15) is 23.6 Å². The van der Waals surface area contributed by atoms with E-state index in [1.54, 1.807) is 24.3 Å². The number of esters is 1. The normalized spacial score (nSPS) is 11.2. The number of ether oxygens (including phenoxy) is 2. The number of nitrogens with one attached hydrogen (secondary N) is 1. The van der Waals surface area contributed by atoms with Gasteiger partial charge in [0.25, 0.3) is 5.91 Å². The summed E-state index contributed by atoms with van der Waals surface area (Å²) in [6, 6.07) is 14.1. The largest absolute Gasteiger partial charge is 0.479 e. The first-order valence-corrected chi connectivity index (χ1v) is 8.09. The van der Waals surface area contributed by atoms with Crippen molar-refractivity contribution in [1.82, 2.24) is 0 Å². The van der Waals surface area contributed by atoms with Gasteiger partial charge in [-0.15, -0.1) is 0 Å². The Morgan fingerprint density at radius 1 is 1.15 bits per heavy atom. The van der Waals surface area contributed by atoms with E-state index in [2.05, 4.69) is 5.32 Å². The molecule has 0 radical (unpaired) electrons. The van der Waals surface area contributed by atoms with Gasteiger partial charge in [0, 0.05) is 5.69 Å². The number of anilines is 1. The van der Waals surface area contributed by atoms with Crippen LogP contribution >= 0.6 is 0 Å². The molecule has 0 heterocycles. The molecule has 0 aliphatic rings. The first-order chi connectivity index (χ1) is 12.4. The zero-order valence-corrected chi connectivity index (χ0v) is 14.9. The maximum Gasteiger partial charge on any atom is 0.347 e. The van der Waals surface area contributed by atoms with Crippen LogP contribution in [0.3, 0.4) is 0 Å². The fraction of sp³-hybridized carbons (Fsp3) is 0.250. The van der Waals surface area contributed by atoms with Crippen molar-refractivity contribution in [3.05, 3.63) is 59.2 Å². The summed E-state index contributed by atoms with van der Waals surface area (Å²) in [4.78, 5) is 23.9. The maximum atomic E-state index is 12.0. The second kappa shape index (κ2) is 8.67. The summed E-state index contributed by atoms with van der Waals surface area (Å²) in [5.74, 6) is -0.628. The molecule has 0 spiro atoms. The minimum absolute atomic E-state index is 0.396. The number of rotatable bonds is 6. The Balaban J connectivity index is 1.83. The molecule has 6 heteroatoms. The van der Waals surface area contributed by atoms with Crippen molar-refractivity contribution in [3.8, 4) is 11.8 Å². The Morgan fingerprint density at radius 3 is 2.50 bits per heavy atom. The van der Waals surface area contributed by atoms with E-state index in [1.165, 1.54) is 6.92 Å².